The molecule has 0 unspecified atom stereocenters. The predicted octanol–water partition coefficient (Wildman–Crippen LogP) is -4.44. The quantitative estimate of drug-likeness (QED) is 0.355. The lowest BCUT2D eigenvalue weighted by Gasteiger charge is -2.12. The number of quaternary nitrogens is 1. The summed E-state index contributed by atoms with van der Waals surface area (Å²) in [5, 5.41) is 3.64. The van der Waals surface area contributed by atoms with Gasteiger partial charge in [0, 0.05) is 14.1 Å². The van der Waals surface area contributed by atoms with Crippen molar-refractivity contribution in [2.24, 2.45) is 0 Å². The van der Waals surface area contributed by atoms with Gasteiger partial charge in [0.15, 0.2) is 0 Å². The van der Waals surface area contributed by atoms with Crippen LogP contribution >= 0.6 is 0 Å². The summed E-state index contributed by atoms with van der Waals surface area (Å²) < 4.78 is 0. The number of hydrazine groups is 1. The molecule has 0 aliphatic heterocycles. The van der Waals surface area contributed by atoms with Crippen LogP contribution in [0.2, 0.25) is 0 Å². The van der Waals surface area contributed by atoms with Crippen molar-refractivity contribution >= 4 is 0 Å². The minimum Gasteiger partial charge on any atom is -1.00 e. The van der Waals surface area contributed by atoms with Crippen molar-refractivity contribution in [3.05, 3.63) is 0 Å². The van der Waals surface area contributed by atoms with E-state index in [2.05, 4.69) is 5.84 Å². The molecular formula is C3H12IN3. The summed E-state index contributed by atoms with van der Waals surface area (Å²) in [6, 6.07) is 0. The van der Waals surface area contributed by atoms with Crippen LogP contribution in [0.25, 0.3) is 0 Å². The summed E-state index contributed by atoms with van der Waals surface area (Å²) in [5.41, 5.74) is 0. The van der Waals surface area contributed by atoms with Crippen molar-refractivity contribution in [3.63, 3.8) is 0 Å². The predicted molar refractivity (Wildman–Crippen MR) is 24.3 cm³/mol. The van der Waals surface area contributed by atoms with Gasteiger partial charge in [-0.1, -0.05) is 5.12 Å². The number of halogens is 1. The van der Waals surface area contributed by atoms with Crippen LogP contribution in [-0.2, 0) is 0 Å². The lowest BCUT2D eigenvalue weighted by molar-refractivity contribution is -0.616. The smallest absolute Gasteiger partial charge is 0.0533 e. The topological polar surface area (TPSA) is 34.1 Å². The fraction of sp³-hybridized carbons (Fsp3) is 1.00. The molecule has 46 valence electrons. The molecule has 4 heteroatoms. The summed E-state index contributed by atoms with van der Waals surface area (Å²) in [7, 11) is 5.76. The SMILES string of the molecule is CN(C)N(C)[NH3+].[I-]. The van der Waals surface area contributed by atoms with E-state index in [1.54, 1.807) is 5.12 Å². The van der Waals surface area contributed by atoms with E-state index in [0.29, 0.717) is 0 Å². The van der Waals surface area contributed by atoms with E-state index in [0.717, 1.165) is 0 Å². The van der Waals surface area contributed by atoms with Crippen LogP contribution in [0.5, 0.6) is 0 Å². The van der Waals surface area contributed by atoms with Crippen molar-refractivity contribution in [1.82, 2.24) is 10.1 Å². The van der Waals surface area contributed by atoms with E-state index >= 15 is 0 Å². The maximum atomic E-state index is 3.60. The maximum Gasteiger partial charge on any atom is 0.0533 e. The Morgan fingerprint density at radius 2 is 1.29 bits per heavy atom. The van der Waals surface area contributed by atoms with Crippen molar-refractivity contribution < 1.29 is 29.8 Å². The lowest BCUT2D eigenvalue weighted by atomic mass is 11.1. The molecule has 0 atom stereocenters. The molecule has 3 nitrogen and oxygen atoms in total. The number of nitrogens with zero attached hydrogens (tertiary/aromatic N) is 2. The van der Waals surface area contributed by atoms with Gasteiger partial charge in [-0.2, -0.15) is 0 Å². The summed E-state index contributed by atoms with van der Waals surface area (Å²) in [4.78, 5) is 0. The van der Waals surface area contributed by atoms with Gasteiger partial charge >= 0.3 is 0 Å². The minimum atomic E-state index is 0. The number of hydrogen-bond donors (Lipinski definition) is 1. The van der Waals surface area contributed by atoms with Gasteiger partial charge in [-0.3, -0.25) is 5.84 Å². The molecule has 0 aliphatic carbocycles. The first-order valence-electron chi connectivity index (χ1n) is 1.86. The van der Waals surface area contributed by atoms with Gasteiger partial charge in [0.25, 0.3) is 0 Å². The zero-order valence-electron chi connectivity index (χ0n) is 4.98. The van der Waals surface area contributed by atoms with Crippen LogP contribution in [0, 0.1) is 0 Å². The Morgan fingerprint density at radius 1 is 1.14 bits per heavy atom. The first kappa shape index (κ1) is 10.6. The maximum absolute atomic E-state index is 3.60. The first-order valence-corrected chi connectivity index (χ1v) is 1.86. The highest BCUT2D eigenvalue weighted by molar-refractivity contribution is 4.11. The van der Waals surface area contributed by atoms with E-state index < -0.39 is 0 Å². The molecule has 0 amide bonds. The van der Waals surface area contributed by atoms with Crippen LogP contribution in [-0.4, -0.2) is 31.3 Å². The zero-order valence-corrected chi connectivity index (χ0v) is 7.14. The van der Waals surface area contributed by atoms with E-state index in [-0.39, 0.29) is 24.0 Å². The molecule has 3 N–H and O–H groups in total. The molecule has 0 fully saturated rings. The molecule has 0 aromatic carbocycles. The van der Waals surface area contributed by atoms with Gasteiger partial charge in [0.05, 0.1) is 7.05 Å². The molecule has 0 spiro atoms. The second-order valence-corrected chi connectivity index (χ2v) is 1.50. The average Bonchev–Trinajstić information content (AvgIpc) is 1.36. The Kier molecular flexibility index (Phi) is 7.19. The highest BCUT2D eigenvalue weighted by atomic mass is 127. The lowest BCUT2D eigenvalue weighted by Crippen LogP contribution is -3.00. The van der Waals surface area contributed by atoms with E-state index in [1.807, 2.05) is 26.2 Å². The Labute approximate surface area is 61.4 Å². The molecule has 7 heavy (non-hydrogen) atoms. The van der Waals surface area contributed by atoms with Crippen LogP contribution in [0.1, 0.15) is 0 Å². The second kappa shape index (κ2) is 4.76. The third-order valence-corrected chi connectivity index (χ3v) is 0.683. The number of hydrogen-bond acceptors (Lipinski definition) is 2. The Hall–Kier alpha value is 0.610. The summed E-state index contributed by atoms with van der Waals surface area (Å²) in [6.07, 6.45) is 0. The largest absolute Gasteiger partial charge is 1.00 e. The fourth-order valence-corrected chi connectivity index (χ4v) is 0. The molecule has 0 aliphatic rings. The molecule has 0 radical (unpaired) electrons. The molecule has 0 aromatic rings. The third kappa shape index (κ3) is 6.61. The molecule has 0 bridgehead atoms. The summed E-state index contributed by atoms with van der Waals surface area (Å²) in [5.74, 6) is 3.60. The van der Waals surface area contributed by atoms with E-state index in [9.17, 15) is 0 Å². The van der Waals surface area contributed by atoms with Crippen LogP contribution < -0.4 is 29.8 Å². The molecule has 0 saturated carbocycles. The van der Waals surface area contributed by atoms with Crippen molar-refractivity contribution in [1.29, 1.82) is 0 Å². The highest BCUT2D eigenvalue weighted by Crippen LogP contribution is 1.64. The van der Waals surface area contributed by atoms with Gasteiger partial charge < -0.3 is 24.0 Å². The van der Waals surface area contributed by atoms with Crippen molar-refractivity contribution in [2.75, 3.05) is 21.1 Å². The van der Waals surface area contributed by atoms with Crippen LogP contribution in [0.15, 0.2) is 0 Å². The average molecular weight is 217 g/mol. The van der Waals surface area contributed by atoms with Crippen molar-refractivity contribution in [2.45, 2.75) is 0 Å². The molecular weight excluding hydrogens is 205 g/mol. The Morgan fingerprint density at radius 3 is 1.29 bits per heavy atom. The standard InChI is InChI=1S/C3H11N3.HI/c1-5(2)6(3)4;/h4H2,1-3H3;1H. The molecule has 0 saturated heterocycles. The molecule has 0 heterocycles. The van der Waals surface area contributed by atoms with E-state index in [4.69, 9.17) is 0 Å². The van der Waals surface area contributed by atoms with Gasteiger partial charge in [0.1, 0.15) is 0 Å². The Balaban J connectivity index is 0. The van der Waals surface area contributed by atoms with Crippen LogP contribution in [0.3, 0.4) is 0 Å². The minimum absolute atomic E-state index is 0. The summed E-state index contributed by atoms with van der Waals surface area (Å²) in [6.45, 7) is 0. The third-order valence-electron chi connectivity index (χ3n) is 0.683. The first-order chi connectivity index (χ1) is 2.64. The fourth-order valence-electron chi connectivity index (χ4n) is 0. The van der Waals surface area contributed by atoms with Gasteiger partial charge in [-0.25, -0.2) is 5.01 Å². The molecule has 0 rings (SSSR count). The monoisotopic (exact) mass is 217 g/mol. The van der Waals surface area contributed by atoms with E-state index in [1.165, 1.54) is 0 Å². The Bertz CT molecular complexity index is 31.2. The van der Waals surface area contributed by atoms with Crippen LogP contribution in [0.4, 0.5) is 0 Å². The summed E-state index contributed by atoms with van der Waals surface area (Å²) >= 11 is 0. The highest BCUT2D eigenvalue weighted by Gasteiger charge is 1.89. The van der Waals surface area contributed by atoms with Gasteiger partial charge in [0.2, 0.25) is 0 Å². The second-order valence-electron chi connectivity index (χ2n) is 1.50. The molecule has 0 aromatic heterocycles. The number of rotatable bonds is 1. The van der Waals surface area contributed by atoms with Gasteiger partial charge in [-0.05, 0) is 0 Å². The zero-order chi connectivity index (χ0) is 5.15. The normalized spacial score (nSPS) is 9.43. The van der Waals surface area contributed by atoms with Gasteiger partial charge in [-0.15, -0.1) is 0 Å². The van der Waals surface area contributed by atoms with Crippen molar-refractivity contribution in [3.8, 4) is 0 Å².